The van der Waals surface area contributed by atoms with Crippen LogP contribution in [-0.4, -0.2) is 59.0 Å². The summed E-state index contributed by atoms with van der Waals surface area (Å²) in [5.41, 5.74) is 0.416. The van der Waals surface area contributed by atoms with Gasteiger partial charge in [0, 0.05) is 25.2 Å². The summed E-state index contributed by atoms with van der Waals surface area (Å²) >= 11 is 0. The lowest BCUT2D eigenvalue weighted by atomic mass is 10.1. The lowest BCUT2D eigenvalue weighted by Gasteiger charge is -2.31. The van der Waals surface area contributed by atoms with E-state index in [1.165, 1.54) is 64.6 Å². The van der Waals surface area contributed by atoms with Crippen LogP contribution in [-0.2, 0) is 26.2 Å². The number of likely N-dealkylation sites (N-methyl/N-ethyl adjacent to an activating group) is 1. The van der Waals surface area contributed by atoms with Crippen molar-refractivity contribution in [1.29, 1.82) is 0 Å². The van der Waals surface area contributed by atoms with Crippen LogP contribution < -0.4 is 19.1 Å². The first-order chi connectivity index (χ1) is 18.1. The molecule has 0 heterocycles. The maximum atomic E-state index is 14.5. The molecule has 0 saturated heterocycles. The zero-order valence-corrected chi connectivity index (χ0v) is 22.4. The van der Waals surface area contributed by atoms with Crippen molar-refractivity contribution >= 4 is 27.5 Å². The van der Waals surface area contributed by atoms with E-state index >= 15 is 0 Å². The van der Waals surface area contributed by atoms with Crippen molar-refractivity contribution in [3.05, 3.63) is 84.2 Å². The van der Waals surface area contributed by atoms with Gasteiger partial charge in [-0.25, -0.2) is 12.8 Å². The first-order valence-corrected chi connectivity index (χ1v) is 13.1. The lowest BCUT2D eigenvalue weighted by molar-refractivity contribution is -0.139. The van der Waals surface area contributed by atoms with E-state index in [1.54, 1.807) is 36.4 Å². The van der Waals surface area contributed by atoms with E-state index in [0.717, 1.165) is 9.21 Å². The highest BCUT2D eigenvalue weighted by molar-refractivity contribution is 7.92. The van der Waals surface area contributed by atoms with Crippen molar-refractivity contribution in [2.24, 2.45) is 0 Å². The Balaban J connectivity index is 2.05. The molecule has 0 fully saturated rings. The van der Waals surface area contributed by atoms with Crippen LogP contribution >= 0.6 is 0 Å². The van der Waals surface area contributed by atoms with Gasteiger partial charge in [-0.15, -0.1) is 0 Å². The van der Waals surface area contributed by atoms with E-state index in [2.05, 4.69) is 5.32 Å². The number of hydrogen-bond donors (Lipinski definition) is 1. The van der Waals surface area contributed by atoms with Crippen molar-refractivity contribution in [2.45, 2.75) is 24.4 Å². The number of carbonyl (C=O) groups is 2. The predicted molar refractivity (Wildman–Crippen MR) is 141 cm³/mol. The van der Waals surface area contributed by atoms with Crippen molar-refractivity contribution in [1.82, 2.24) is 10.2 Å². The SMILES string of the molecule is CNC(=O)C(C)N(Cc1ccccc1F)C(=O)CN(c1ccccc1)S(=O)(=O)c1ccc(OC)c(OC)c1. The number of nitrogens with zero attached hydrogens (tertiary/aromatic N) is 2. The molecule has 0 spiro atoms. The summed E-state index contributed by atoms with van der Waals surface area (Å²) in [5, 5.41) is 2.48. The Morgan fingerprint density at radius 1 is 0.947 bits per heavy atom. The molecule has 38 heavy (non-hydrogen) atoms. The minimum Gasteiger partial charge on any atom is -0.493 e. The fraction of sp³-hybridized carbons (Fsp3) is 0.259. The standard InChI is InChI=1S/C27H30FN3O6S/c1-19(27(33)29-2)30(17-20-10-8-9-13-23(20)28)26(32)18-31(21-11-6-5-7-12-21)38(34,35)22-14-15-24(36-3)25(16-22)37-4/h5-16,19H,17-18H2,1-4H3,(H,29,33). The van der Waals surface area contributed by atoms with Crippen LogP contribution in [0, 0.1) is 5.82 Å². The topological polar surface area (TPSA) is 105 Å². The molecular formula is C27H30FN3O6S. The monoisotopic (exact) mass is 543 g/mol. The molecule has 0 aromatic heterocycles. The smallest absolute Gasteiger partial charge is 0.264 e. The molecule has 2 amide bonds. The van der Waals surface area contributed by atoms with Crippen molar-refractivity contribution < 1.29 is 31.9 Å². The van der Waals surface area contributed by atoms with Gasteiger partial charge >= 0.3 is 0 Å². The van der Waals surface area contributed by atoms with Gasteiger partial charge in [-0.1, -0.05) is 36.4 Å². The number of para-hydroxylation sites is 1. The molecule has 0 aliphatic carbocycles. The van der Waals surface area contributed by atoms with Gasteiger partial charge in [0.25, 0.3) is 10.0 Å². The second-order valence-electron chi connectivity index (χ2n) is 8.27. The average Bonchev–Trinajstić information content (AvgIpc) is 2.94. The number of anilines is 1. The van der Waals surface area contributed by atoms with E-state index < -0.39 is 40.2 Å². The average molecular weight is 544 g/mol. The first kappa shape index (κ1) is 28.5. The Hall–Kier alpha value is -4.12. The lowest BCUT2D eigenvalue weighted by Crippen LogP contribution is -2.50. The third-order valence-corrected chi connectivity index (χ3v) is 7.75. The number of rotatable bonds is 11. The zero-order valence-electron chi connectivity index (χ0n) is 21.5. The molecule has 3 aromatic carbocycles. The normalized spacial score (nSPS) is 11.8. The molecule has 1 N–H and O–H groups in total. The number of sulfonamides is 1. The van der Waals surface area contributed by atoms with Gasteiger partial charge in [0.05, 0.1) is 24.8 Å². The van der Waals surface area contributed by atoms with E-state index in [0.29, 0.717) is 5.75 Å². The zero-order chi connectivity index (χ0) is 27.9. The van der Waals surface area contributed by atoms with Gasteiger partial charge in [0.2, 0.25) is 11.8 Å². The van der Waals surface area contributed by atoms with Crippen LogP contribution in [0.25, 0.3) is 0 Å². The third-order valence-electron chi connectivity index (χ3n) is 5.98. The van der Waals surface area contributed by atoms with Crippen LogP contribution in [0.2, 0.25) is 0 Å². The molecule has 1 atom stereocenters. The minimum absolute atomic E-state index is 0.133. The fourth-order valence-electron chi connectivity index (χ4n) is 3.83. The maximum Gasteiger partial charge on any atom is 0.264 e. The van der Waals surface area contributed by atoms with Crippen molar-refractivity contribution in [3.63, 3.8) is 0 Å². The highest BCUT2D eigenvalue weighted by Gasteiger charge is 2.33. The van der Waals surface area contributed by atoms with Crippen LogP contribution in [0.1, 0.15) is 12.5 Å². The molecule has 0 radical (unpaired) electrons. The quantitative estimate of drug-likeness (QED) is 0.398. The van der Waals surface area contributed by atoms with E-state index in [4.69, 9.17) is 9.47 Å². The molecule has 11 heteroatoms. The number of benzene rings is 3. The van der Waals surface area contributed by atoms with E-state index in [1.807, 2.05) is 0 Å². The Morgan fingerprint density at radius 3 is 2.18 bits per heavy atom. The maximum absolute atomic E-state index is 14.5. The molecule has 1 unspecified atom stereocenters. The highest BCUT2D eigenvalue weighted by atomic mass is 32.2. The van der Waals surface area contributed by atoms with E-state index in [9.17, 15) is 22.4 Å². The van der Waals surface area contributed by atoms with Gasteiger partial charge in [0.15, 0.2) is 11.5 Å². The molecule has 0 bridgehead atoms. The predicted octanol–water partition coefficient (Wildman–Crippen LogP) is 3.20. The molecule has 0 aliphatic rings. The molecule has 3 rings (SSSR count). The second-order valence-corrected chi connectivity index (χ2v) is 10.1. The third kappa shape index (κ3) is 6.23. The first-order valence-electron chi connectivity index (χ1n) is 11.7. The molecule has 3 aromatic rings. The summed E-state index contributed by atoms with van der Waals surface area (Å²) in [4.78, 5) is 27.2. The van der Waals surface area contributed by atoms with Crippen LogP contribution in [0.4, 0.5) is 10.1 Å². The van der Waals surface area contributed by atoms with Crippen LogP contribution in [0.5, 0.6) is 11.5 Å². The highest BCUT2D eigenvalue weighted by Crippen LogP contribution is 2.32. The fourth-order valence-corrected chi connectivity index (χ4v) is 5.26. The number of halogens is 1. The van der Waals surface area contributed by atoms with Crippen LogP contribution in [0.3, 0.4) is 0 Å². The van der Waals surface area contributed by atoms with Gasteiger partial charge in [-0.05, 0) is 37.3 Å². The van der Waals surface area contributed by atoms with Gasteiger partial charge in [0.1, 0.15) is 18.4 Å². The summed E-state index contributed by atoms with van der Waals surface area (Å²) in [6, 6.07) is 17.1. The largest absolute Gasteiger partial charge is 0.493 e. The molecule has 9 nitrogen and oxygen atoms in total. The summed E-state index contributed by atoms with van der Waals surface area (Å²) in [7, 11) is -0.0664. The van der Waals surface area contributed by atoms with Gasteiger partial charge < -0.3 is 19.7 Å². The second kappa shape index (κ2) is 12.4. The number of methoxy groups -OCH3 is 2. The Kier molecular flexibility index (Phi) is 9.30. The summed E-state index contributed by atoms with van der Waals surface area (Å²) in [5.74, 6) is -1.19. The van der Waals surface area contributed by atoms with Crippen LogP contribution in [0.15, 0.2) is 77.7 Å². The van der Waals surface area contributed by atoms with Crippen molar-refractivity contribution in [2.75, 3.05) is 32.1 Å². The minimum atomic E-state index is -4.30. The molecule has 0 aliphatic heterocycles. The molecule has 202 valence electrons. The molecule has 0 saturated carbocycles. The summed E-state index contributed by atoms with van der Waals surface area (Å²) in [6.45, 7) is 0.614. The van der Waals surface area contributed by atoms with Gasteiger partial charge in [-0.2, -0.15) is 0 Å². The number of ether oxygens (including phenoxy) is 2. The number of nitrogens with one attached hydrogen (secondary N) is 1. The Bertz CT molecular complexity index is 1380. The summed E-state index contributed by atoms with van der Waals surface area (Å²) < 4.78 is 53.6. The summed E-state index contributed by atoms with van der Waals surface area (Å²) in [6.07, 6.45) is 0. The Morgan fingerprint density at radius 2 is 1.58 bits per heavy atom. The number of hydrogen-bond acceptors (Lipinski definition) is 6. The van der Waals surface area contributed by atoms with E-state index in [-0.39, 0.29) is 28.4 Å². The number of amides is 2. The Labute approximate surface area is 221 Å². The molecular weight excluding hydrogens is 513 g/mol. The van der Waals surface area contributed by atoms with Gasteiger partial charge in [-0.3, -0.25) is 13.9 Å². The van der Waals surface area contributed by atoms with Crippen molar-refractivity contribution in [3.8, 4) is 11.5 Å². The number of carbonyl (C=O) groups excluding carboxylic acids is 2.